The van der Waals surface area contributed by atoms with Crippen LogP contribution in [0.1, 0.15) is 18.7 Å². The van der Waals surface area contributed by atoms with Crippen molar-refractivity contribution in [2.24, 2.45) is 0 Å². The molecule has 2 rings (SSSR count). The van der Waals surface area contributed by atoms with E-state index >= 15 is 0 Å². The molecule has 0 unspecified atom stereocenters. The first-order valence-corrected chi connectivity index (χ1v) is 5.76. The zero-order valence-corrected chi connectivity index (χ0v) is 9.57. The average Bonchev–Trinajstić information content (AvgIpc) is 2.90. The molecule has 2 N–H and O–H groups in total. The molecule has 1 aliphatic heterocycles. The molecule has 1 aliphatic rings. The molecule has 0 aliphatic carbocycles. The Kier molecular flexibility index (Phi) is 3.56. The van der Waals surface area contributed by atoms with Crippen molar-refractivity contribution in [3.05, 3.63) is 18.2 Å². The summed E-state index contributed by atoms with van der Waals surface area (Å²) < 4.78 is 2.03. The second-order valence-corrected chi connectivity index (χ2v) is 4.11. The molecule has 88 valence electrons. The van der Waals surface area contributed by atoms with Crippen molar-refractivity contribution in [2.75, 3.05) is 13.1 Å². The number of imidazole rings is 1. The van der Waals surface area contributed by atoms with Crippen molar-refractivity contribution in [1.82, 2.24) is 20.2 Å². The minimum atomic E-state index is 0.0175. The highest BCUT2D eigenvalue weighted by Crippen LogP contribution is 2.04. The third-order valence-electron chi connectivity index (χ3n) is 2.95. The second kappa shape index (κ2) is 5.12. The largest absolute Gasteiger partial charge is 0.353 e. The molecule has 0 bridgehead atoms. The van der Waals surface area contributed by atoms with E-state index in [4.69, 9.17) is 0 Å². The lowest BCUT2D eigenvalue weighted by Gasteiger charge is -2.11. The predicted octanol–water partition coefficient (Wildman–Crippen LogP) is 0.0597. The van der Waals surface area contributed by atoms with Crippen molar-refractivity contribution >= 4 is 5.91 Å². The van der Waals surface area contributed by atoms with Gasteiger partial charge in [-0.05, 0) is 26.3 Å². The fourth-order valence-electron chi connectivity index (χ4n) is 1.97. The van der Waals surface area contributed by atoms with Gasteiger partial charge in [-0.25, -0.2) is 4.98 Å². The Labute approximate surface area is 95.2 Å². The first kappa shape index (κ1) is 11.1. The molecular weight excluding hydrogens is 204 g/mol. The topological polar surface area (TPSA) is 59.0 Å². The standard InChI is InChI=1S/C11H18N4O/c1-9-12-5-7-15(9)8-6-14-11(16)10-3-2-4-13-10/h5,7,10,13H,2-4,6,8H2,1H3,(H,14,16)/t10-/m0/s1. The van der Waals surface area contributed by atoms with E-state index in [1.807, 2.05) is 17.7 Å². The molecule has 0 spiro atoms. The van der Waals surface area contributed by atoms with Gasteiger partial charge in [0.2, 0.25) is 5.91 Å². The predicted molar refractivity (Wildman–Crippen MR) is 61.0 cm³/mol. The van der Waals surface area contributed by atoms with Crippen molar-refractivity contribution in [1.29, 1.82) is 0 Å². The molecule has 0 saturated carbocycles. The van der Waals surface area contributed by atoms with Gasteiger partial charge in [-0.15, -0.1) is 0 Å². The summed E-state index contributed by atoms with van der Waals surface area (Å²) in [6, 6.07) is 0.0175. The van der Waals surface area contributed by atoms with E-state index < -0.39 is 0 Å². The maximum Gasteiger partial charge on any atom is 0.237 e. The maximum atomic E-state index is 11.7. The van der Waals surface area contributed by atoms with Gasteiger partial charge in [0.15, 0.2) is 0 Å². The number of aryl methyl sites for hydroxylation is 1. The van der Waals surface area contributed by atoms with Crippen molar-refractivity contribution in [2.45, 2.75) is 32.4 Å². The molecule has 1 aromatic heterocycles. The van der Waals surface area contributed by atoms with Crippen LogP contribution in [0, 0.1) is 6.92 Å². The first-order chi connectivity index (χ1) is 7.77. The summed E-state index contributed by atoms with van der Waals surface area (Å²) >= 11 is 0. The van der Waals surface area contributed by atoms with Gasteiger partial charge < -0.3 is 15.2 Å². The Morgan fingerprint density at radius 3 is 3.25 bits per heavy atom. The third-order valence-corrected chi connectivity index (χ3v) is 2.95. The molecular formula is C11H18N4O. The number of carbonyl (C=O) groups is 1. The molecule has 0 aromatic carbocycles. The van der Waals surface area contributed by atoms with Crippen molar-refractivity contribution < 1.29 is 4.79 Å². The van der Waals surface area contributed by atoms with Crippen LogP contribution in [0.15, 0.2) is 12.4 Å². The Morgan fingerprint density at radius 2 is 2.62 bits per heavy atom. The molecule has 1 fully saturated rings. The summed E-state index contributed by atoms with van der Waals surface area (Å²) in [6.07, 6.45) is 5.75. The van der Waals surface area contributed by atoms with Gasteiger partial charge in [0.1, 0.15) is 5.82 Å². The lowest BCUT2D eigenvalue weighted by molar-refractivity contribution is -0.122. The molecule has 5 heteroatoms. The number of rotatable bonds is 4. The number of amides is 1. The smallest absolute Gasteiger partial charge is 0.237 e. The van der Waals surface area contributed by atoms with Crippen LogP contribution in [0.25, 0.3) is 0 Å². The van der Waals surface area contributed by atoms with E-state index in [2.05, 4.69) is 15.6 Å². The third kappa shape index (κ3) is 2.61. The molecule has 1 amide bonds. The van der Waals surface area contributed by atoms with Crippen LogP contribution in [0.2, 0.25) is 0 Å². The summed E-state index contributed by atoms with van der Waals surface area (Å²) in [4.78, 5) is 15.8. The van der Waals surface area contributed by atoms with Crippen LogP contribution in [0.5, 0.6) is 0 Å². The van der Waals surface area contributed by atoms with E-state index in [0.29, 0.717) is 6.54 Å². The van der Waals surface area contributed by atoms with E-state index in [9.17, 15) is 4.79 Å². The van der Waals surface area contributed by atoms with Crippen LogP contribution in [-0.4, -0.2) is 34.6 Å². The highest BCUT2D eigenvalue weighted by molar-refractivity contribution is 5.81. The van der Waals surface area contributed by atoms with Crippen molar-refractivity contribution in [3.63, 3.8) is 0 Å². The van der Waals surface area contributed by atoms with Crippen LogP contribution < -0.4 is 10.6 Å². The van der Waals surface area contributed by atoms with Gasteiger partial charge in [-0.3, -0.25) is 4.79 Å². The average molecular weight is 222 g/mol. The van der Waals surface area contributed by atoms with E-state index in [1.165, 1.54) is 0 Å². The quantitative estimate of drug-likeness (QED) is 0.757. The van der Waals surface area contributed by atoms with E-state index in [0.717, 1.165) is 31.8 Å². The van der Waals surface area contributed by atoms with E-state index in [-0.39, 0.29) is 11.9 Å². The lowest BCUT2D eigenvalue weighted by atomic mass is 10.2. The number of hydrogen-bond acceptors (Lipinski definition) is 3. The number of carbonyl (C=O) groups excluding carboxylic acids is 1. The van der Waals surface area contributed by atoms with Crippen LogP contribution in [-0.2, 0) is 11.3 Å². The Morgan fingerprint density at radius 1 is 1.75 bits per heavy atom. The van der Waals surface area contributed by atoms with Gasteiger partial charge in [-0.1, -0.05) is 0 Å². The van der Waals surface area contributed by atoms with Gasteiger partial charge >= 0.3 is 0 Å². The summed E-state index contributed by atoms with van der Waals surface area (Å²) in [5.41, 5.74) is 0. The van der Waals surface area contributed by atoms with Gasteiger partial charge in [0, 0.05) is 25.5 Å². The van der Waals surface area contributed by atoms with Crippen LogP contribution in [0.4, 0.5) is 0 Å². The number of aromatic nitrogens is 2. The Balaban J connectivity index is 1.71. The van der Waals surface area contributed by atoms with Crippen LogP contribution >= 0.6 is 0 Å². The number of nitrogens with zero attached hydrogens (tertiary/aromatic N) is 2. The zero-order valence-electron chi connectivity index (χ0n) is 9.57. The lowest BCUT2D eigenvalue weighted by Crippen LogP contribution is -2.41. The second-order valence-electron chi connectivity index (χ2n) is 4.11. The normalized spacial score (nSPS) is 19.9. The Hall–Kier alpha value is -1.36. The molecule has 0 radical (unpaired) electrons. The van der Waals surface area contributed by atoms with E-state index in [1.54, 1.807) is 6.20 Å². The fourth-order valence-corrected chi connectivity index (χ4v) is 1.97. The number of nitrogens with one attached hydrogen (secondary N) is 2. The summed E-state index contributed by atoms with van der Waals surface area (Å²) in [7, 11) is 0. The highest BCUT2D eigenvalue weighted by Gasteiger charge is 2.21. The molecule has 5 nitrogen and oxygen atoms in total. The minimum absolute atomic E-state index is 0.0175. The molecule has 1 atom stereocenters. The maximum absolute atomic E-state index is 11.7. The SMILES string of the molecule is Cc1nccn1CCNC(=O)[C@@H]1CCCN1. The zero-order chi connectivity index (χ0) is 11.4. The van der Waals surface area contributed by atoms with Gasteiger partial charge in [0.25, 0.3) is 0 Å². The summed E-state index contributed by atoms with van der Waals surface area (Å²) in [5.74, 6) is 1.10. The molecule has 2 heterocycles. The molecule has 1 aromatic rings. The minimum Gasteiger partial charge on any atom is -0.353 e. The number of hydrogen-bond donors (Lipinski definition) is 2. The first-order valence-electron chi connectivity index (χ1n) is 5.76. The fraction of sp³-hybridized carbons (Fsp3) is 0.636. The highest BCUT2D eigenvalue weighted by atomic mass is 16.2. The monoisotopic (exact) mass is 222 g/mol. The Bertz CT molecular complexity index is 355. The summed E-state index contributed by atoms with van der Waals surface area (Å²) in [5, 5.41) is 6.12. The summed E-state index contributed by atoms with van der Waals surface area (Å²) in [6.45, 7) is 4.36. The molecule has 1 saturated heterocycles. The van der Waals surface area contributed by atoms with Gasteiger partial charge in [-0.2, -0.15) is 0 Å². The molecule has 16 heavy (non-hydrogen) atoms. The van der Waals surface area contributed by atoms with Crippen LogP contribution in [0.3, 0.4) is 0 Å². The van der Waals surface area contributed by atoms with Crippen molar-refractivity contribution in [3.8, 4) is 0 Å². The van der Waals surface area contributed by atoms with Gasteiger partial charge in [0.05, 0.1) is 6.04 Å².